The van der Waals surface area contributed by atoms with E-state index in [1.165, 1.54) is 0 Å². The second-order valence-electron chi connectivity index (χ2n) is 5.37. The van der Waals surface area contributed by atoms with Crippen LogP contribution in [0.1, 0.15) is 23.7 Å². The maximum atomic E-state index is 6.29. The molecule has 1 aliphatic rings. The molecular formula is C16H18ClN3O. The van der Waals surface area contributed by atoms with Crippen molar-refractivity contribution in [2.75, 3.05) is 13.1 Å². The third kappa shape index (κ3) is 3.34. The van der Waals surface area contributed by atoms with Gasteiger partial charge in [0.2, 0.25) is 0 Å². The van der Waals surface area contributed by atoms with Crippen LogP contribution < -0.4 is 10.1 Å². The largest absolute Gasteiger partial charge is 0.485 e. The van der Waals surface area contributed by atoms with Gasteiger partial charge in [0.05, 0.1) is 0 Å². The fourth-order valence-corrected chi connectivity index (χ4v) is 2.94. The zero-order valence-electron chi connectivity index (χ0n) is 11.9. The molecular weight excluding hydrogens is 286 g/mol. The summed E-state index contributed by atoms with van der Waals surface area (Å²) in [6.45, 7) is 3.98. The molecule has 0 amide bonds. The number of aromatic nitrogens is 2. The topological polar surface area (TPSA) is 47.0 Å². The molecule has 0 radical (unpaired) electrons. The van der Waals surface area contributed by atoms with Gasteiger partial charge < -0.3 is 10.1 Å². The Labute approximate surface area is 129 Å². The Kier molecular flexibility index (Phi) is 4.36. The standard InChI is InChI=1S/C16H18ClN3O/c1-11-6-14(17)2-3-15(11)21-16(12-4-5-18-7-12)13-8-19-10-20-9-13/h2-3,6,8-10,12,16,18H,4-5,7H2,1H3/t12?,16-/m0/s1. The van der Waals surface area contributed by atoms with Crippen molar-refractivity contribution in [3.63, 3.8) is 0 Å². The van der Waals surface area contributed by atoms with Crippen molar-refractivity contribution in [2.24, 2.45) is 5.92 Å². The molecule has 1 aromatic carbocycles. The molecule has 1 N–H and O–H groups in total. The van der Waals surface area contributed by atoms with Gasteiger partial charge >= 0.3 is 0 Å². The van der Waals surface area contributed by atoms with Crippen LogP contribution in [0, 0.1) is 12.8 Å². The van der Waals surface area contributed by atoms with E-state index in [1.54, 1.807) is 6.33 Å². The van der Waals surface area contributed by atoms with Gasteiger partial charge in [-0.2, -0.15) is 0 Å². The van der Waals surface area contributed by atoms with E-state index in [-0.39, 0.29) is 6.10 Å². The lowest BCUT2D eigenvalue weighted by molar-refractivity contribution is 0.142. The van der Waals surface area contributed by atoms with Gasteiger partial charge in [0.15, 0.2) is 0 Å². The normalized spacial score (nSPS) is 19.4. The highest BCUT2D eigenvalue weighted by molar-refractivity contribution is 6.30. The lowest BCUT2D eigenvalue weighted by atomic mass is 9.96. The van der Waals surface area contributed by atoms with Crippen LogP contribution in [0.5, 0.6) is 5.75 Å². The minimum absolute atomic E-state index is 0.0407. The molecule has 1 aliphatic heterocycles. The molecule has 1 unspecified atom stereocenters. The first-order valence-corrected chi connectivity index (χ1v) is 7.50. The minimum Gasteiger partial charge on any atom is -0.485 e. The van der Waals surface area contributed by atoms with E-state index in [0.29, 0.717) is 5.92 Å². The Morgan fingerprint density at radius 1 is 1.33 bits per heavy atom. The molecule has 1 saturated heterocycles. The molecule has 21 heavy (non-hydrogen) atoms. The summed E-state index contributed by atoms with van der Waals surface area (Å²) >= 11 is 6.01. The number of rotatable bonds is 4. The Balaban J connectivity index is 1.88. The molecule has 0 bridgehead atoms. The van der Waals surface area contributed by atoms with E-state index >= 15 is 0 Å². The van der Waals surface area contributed by atoms with Crippen LogP contribution in [-0.2, 0) is 0 Å². The molecule has 0 aliphatic carbocycles. The SMILES string of the molecule is Cc1cc(Cl)ccc1O[C@H](c1cncnc1)C1CCNC1. The average molecular weight is 304 g/mol. The third-order valence-electron chi connectivity index (χ3n) is 3.83. The van der Waals surface area contributed by atoms with Crippen molar-refractivity contribution in [3.05, 3.63) is 53.1 Å². The zero-order valence-corrected chi connectivity index (χ0v) is 12.7. The van der Waals surface area contributed by atoms with Crippen LogP contribution in [0.3, 0.4) is 0 Å². The van der Waals surface area contributed by atoms with Crippen LogP contribution in [0.2, 0.25) is 5.02 Å². The maximum absolute atomic E-state index is 6.29. The predicted octanol–water partition coefficient (Wildman–Crippen LogP) is 3.17. The van der Waals surface area contributed by atoms with E-state index in [4.69, 9.17) is 16.3 Å². The Morgan fingerprint density at radius 3 is 2.81 bits per heavy atom. The van der Waals surface area contributed by atoms with Crippen molar-refractivity contribution in [2.45, 2.75) is 19.4 Å². The number of benzene rings is 1. The summed E-state index contributed by atoms with van der Waals surface area (Å²) in [4.78, 5) is 8.25. The van der Waals surface area contributed by atoms with Crippen molar-refractivity contribution >= 4 is 11.6 Å². The highest BCUT2D eigenvalue weighted by Gasteiger charge is 2.28. The number of ether oxygens (including phenoxy) is 1. The quantitative estimate of drug-likeness (QED) is 0.942. The smallest absolute Gasteiger partial charge is 0.131 e. The first-order valence-electron chi connectivity index (χ1n) is 7.12. The fourth-order valence-electron chi connectivity index (χ4n) is 2.71. The van der Waals surface area contributed by atoms with Gasteiger partial charge in [-0.3, -0.25) is 0 Å². The van der Waals surface area contributed by atoms with Gasteiger partial charge in [-0.1, -0.05) is 11.6 Å². The van der Waals surface area contributed by atoms with Gasteiger partial charge in [0, 0.05) is 35.4 Å². The lowest BCUT2D eigenvalue weighted by Gasteiger charge is -2.25. The van der Waals surface area contributed by atoms with Crippen LogP contribution in [0.4, 0.5) is 0 Å². The van der Waals surface area contributed by atoms with Crippen molar-refractivity contribution in [3.8, 4) is 5.75 Å². The second-order valence-corrected chi connectivity index (χ2v) is 5.81. The van der Waals surface area contributed by atoms with E-state index < -0.39 is 0 Å². The molecule has 2 atom stereocenters. The molecule has 0 saturated carbocycles. The highest BCUT2D eigenvalue weighted by Crippen LogP contribution is 2.33. The van der Waals surface area contributed by atoms with Crippen LogP contribution >= 0.6 is 11.6 Å². The van der Waals surface area contributed by atoms with Crippen LogP contribution in [-0.4, -0.2) is 23.1 Å². The van der Waals surface area contributed by atoms with Crippen LogP contribution in [0.25, 0.3) is 0 Å². The first kappa shape index (κ1) is 14.3. The summed E-state index contributed by atoms with van der Waals surface area (Å²) < 4.78 is 6.29. The molecule has 110 valence electrons. The fraction of sp³-hybridized carbons (Fsp3) is 0.375. The molecule has 2 heterocycles. The molecule has 2 aromatic rings. The Hall–Kier alpha value is -1.65. The number of aryl methyl sites for hydroxylation is 1. The van der Waals surface area contributed by atoms with Crippen LogP contribution in [0.15, 0.2) is 36.9 Å². The first-order chi connectivity index (χ1) is 10.2. The van der Waals surface area contributed by atoms with Crippen molar-refractivity contribution in [1.82, 2.24) is 15.3 Å². The van der Waals surface area contributed by atoms with E-state index in [9.17, 15) is 0 Å². The maximum Gasteiger partial charge on any atom is 0.131 e. The second kappa shape index (κ2) is 6.41. The number of halogens is 1. The molecule has 4 nitrogen and oxygen atoms in total. The number of hydrogen-bond donors (Lipinski definition) is 1. The predicted molar refractivity (Wildman–Crippen MR) is 82.6 cm³/mol. The van der Waals surface area contributed by atoms with Crippen molar-refractivity contribution < 1.29 is 4.74 Å². The summed E-state index contributed by atoms with van der Waals surface area (Å²) in [6.07, 6.45) is 6.26. The Bertz CT molecular complexity index is 600. The molecule has 1 aromatic heterocycles. The van der Waals surface area contributed by atoms with Gasteiger partial charge in [0.1, 0.15) is 18.2 Å². The summed E-state index contributed by atoms with van der Waals surface area (Å²) in [7, 11) is 0. The third-order valence-corrected chi connectivity index (χ3v) is 4.06. The Morgan fingerprint density at radius 2 is 2.14 bits per heavy atom. The number of hydrogen-bond acceptors (Lipinski definition) is 4. The zero-order chi connectivity index (χ0) is 14.7. The van der Waals surface area contributed by atoms with E-state index in [1.807, 2.05) is 37.5 Å². The molecule has 0 spiro atoms. The van der Waals surface area contributed by atoms with Gasteiger partial charge in [-0.25, -0.2) is 9.97 Å². The lowest BCUT2D eigenvalue weighted by Crippen LogP contribution is -2.22. The monoisotopic (exact) mass is 303 g/mol. The molecule has 5 heteroatoms. The number of nitrogens with zero attached hydrogens (tertiary/aromatic N) is 2. The summed E-state index contributed by atoms with van der Waals surface area (Å²) in [5, 5.41) is 4.11. The molecule has 3 rings (SSSR count). The van der Waals surface area contributed by atoms with E-state index in [0.717, 1.165) is 41.4 Å². The van der Waals surface area contributed by atoms with Gasteiger partial charge in [-0.15, -0.1) is 0 Å². The molecule has 1 fully saturated rings. The number of nitrogens with one attached hydrogen (secondary N) is 1. The minimum atomic E-state index is -0.0407. The highest BCUT2D eigenvalue weighted by atomic mass is 35.5. The van der Waals surface area contributed by atoms with E-state index in [2.05, 4.69) is 15.3 Å². The van der Waals surface area contributed by atoms with Gasteiger partial charge in [0.25, 0.3) is 0 Å². The average Bonchev–Trinajstić information content (AvgIpc) is 3.01. The summed E-state index contributed by atoms with van der Waals surface area (Å²) in [5.74, 6) is 1.28. The summed E-state index contributed by atoms with van der Waals surface area (Å²) in [5.41, 5.74) is 2.05. The van der Waals surface area contributed by atoms with Crippen molar-refractivity contribution in [1.29, 1.82) is 0 Å². The summed E-state index contributed by atoms with van der Waals surface area (Å²) in [6, 6.07) is 5.70. The van der Waals surface area contributed by atoms with Gasteiger partial charge in [-0.05, 0) is 43.7 Å².